The summed E-state index contributed by atoms with van der Waals surface area (Å²) in [6.07, 6.45) is 2.09. The fraction of sp³-hybridized carbons (Fsp3) is 0.208. The van der Waals surface area contributed by atoms with E-state index in [1.54, 1.807) is 24.3 Å². The number of tetrazole rings is 1. The number of benzene rings is 2. The molecule has 0 spiro atoms. The second-order valence-electron chi connectivity index (χ2n) is 7.50. The van der Waals surface area contributed by atoms with E-state index in [0.29, 0.717) is 27.7 Å². The van der Waals surface area contributed by atoms with Gasteiger partial charge >= 0.3 is 5.92 Å². The van der Waals surface area contributed by atoms with E-state index in [4.69, 9.17) is 10.00 Å². The van der Waals surface area contributed by atoms with Crippen LogP contribution in [0, 0.1) is 23.0 Å². The van der Waals surface area contributed by atoms with E-state index in [1.165, 1.54) is 6.07 Å². The molecule has 0 amide bonds. The van der Waals surface area contributed by atoms with Crippen molar-refractivity contribution in [2.45, 2.75) is 32.1 Å². The largest absolute Gasteiger partial charge is 0.489 e. The number of aromatic nitrogens is 5. The fourth-order valence-corrected chi connectivity index (χ4v) is 3.34. The maximum absolute atomic E-state index is 15.7. The Hall–Kier alpha value is -4.37. The summed E-state index contributed by atoms with van der Waals surface area (Å²) < 4.78 is 64.9. The van der Waals surface area contributed by atoms with E-state index in [0.717, 1.165) is 30.7 Å². The number of pyridine rings is 1. The van der Waals surface area contributed by atoms with Crippen LogP contribution in [0.15, 0.2) is 67.1 Å². The summed E-state index contributed by atoms with van der Waals surface area (Å²) in [6, 6.07) is 12.5. The molecule has 1 unspecified atom stereocenters. The molecule has 0 radical (unpaired) electrons. The SMILES string of the molecule is C.N#Cc1ccc(OCc2ccc(C(F)(F)C(O)(Cn3ncnn3)c3ccc(F)cc3F)nc2)cc1. The lowest BCUT2D eigenvalue weighted by atomic mass is 9.84. The Morgan fingerprint density at radius 3 is 2.39 bits per heavy atom. The van der Waals surface area contributed by atoms with Crippen molar-refractivity contribution in [1.29, 1.82) is 5.26 Å². The van der Waals surface area contributed by atoms with Crippen LogP contribution in [0.1, 0.15) is 29.8 Å². The molecule has 0 saturated carbocycles. The van der Waals surface area contributed by atoms with Crippen LogP contribution in [0.5, 0.6) is 5.75 Å². The van der Waals surface area contributed by atoms with Crippen LogP contribution < -0.4 is 4.74 Å². The van der Waals surface area contributed by atoms with E-state index < -0.39 is 41.0 Å². The molecule has 4 rings (SSSR count). The van der Waals surface area contributed by atoms with Gasteiger partial charge in [-0.2, -0.15) is 18.8 Å². The summed E-state index contributed by atoms with van der Waals surface area (Å²) in [7, 11) is 0. The number of halogens is 4. The topological polar surface area (TPSA) is 110 Å². The highest BCUT2D eigenvalue weighted by Gasteiger charge is 2.58. The summed E-state index contributed by atoms with van der Waals surface area (Å²) in [5.74, 6) is -6.08. The third-order valence-electron chi connectivity index (χ3n) is 5.19. The molecular weight excluding hydrogens is 480 g/mol. The first-order chi connectivity index (χ1) is 16.7. The fourth-order valence-electron chi connectivity index (χ4n) is 3.34. The lowest BCUT2D eigenvalue weighted by Crippen LogP contribution is -2.48. The van der Waals surface area contributed by atoms with Crippen LogP contribution in [0.25, 0.3) is 0 Å². The normalized spacial score (nSPS) is 12.8. The zero-order valence-electron chi connectivity index (χ0n) is 17.8. The van der Waals surface area contributed by atoms with Crippen molar-refractivity contribution in [3.05, 3.63) is 101 Å². The van der Waals surface area contributed by atoms with Crippen molar-refractivity contribution in [2.24, 2.45) is 0 Å². The zero-order valence-corrected chi connectivity index (χ0v) is 17.8. The van der Waals surface area contributed by atoms with E-state index in [1.807, 2.05) is 6.07 Å². The van der Waals surface area contributed by atoms with Crippen molar-refractivity contribution in [3.63, 3.8) is 0 Å². The van der Waals surface area contributed by atoms with E-state index >= 15 is 8.78 Å². The minimum atomic E-state index is -4.16. The maximum atomic E-state index is 15.7. The Balaban J connectivity index is 0.00000361. The van der Waals surface area contributed by atoms with E-state index in [-0.39, 0.29) is 14.0 Å². The average Bonchev–Trinajstić information content (AvgIpc) is 3.36. The minimum absolute atomic E-state index is 0. The Bertz CT molecular complexity index is 1340. The highest BCUT2D eigenvalue weighted by atomic mass is 19.3. The molecule has 1 atom stereocenters. The lowest BCUT2D eigenvalue weighted by molar-refractivity contribution is -0.209. The van der Waals surface area contributed by atoms with Gasteiger partial charge < -0.3 is 9.84 Å². The van der Waals surface area contributed by atoms with Gasteiger partial charge in [0.1, 0.15) is 36.2 Å². The summed E-state index contributed by atoms with van der Waals surface area (Å²) in [6.45, 7) is -1.00. The van der Waals surface area contributed by atoms with E-state index in [9.17, 15) is 13.9 Å². The molecule has 36 heavy (non-hydrogen) atoms. The number of alkyl halides is 2. The molecule has 0 aliphatic heterocycles. The van der Waals surface area contributed by atoms with Gasteiger partial charge in [0.15, 0.2) is 11.9 Å². The van der Waals surface area contributed by atoms with Gasteiger partial charge in [-0.15, -0.1) is 10.2 Å². The van der Waals surface area contributed by atoms with Crippen LogP contribution in [0.3, 0.4) is 0 Å². The van der Waals surface area contributed by atoms with Gasteiger partial charge in [0.2, 0.25) is 0 Å². The molecule has 2 aromatic carbocycles. The minimum Gasteiger partial charge on any atom is -0.489 e. The van der Waals surface area contributed by atoms with Crippen LogP contribution in [-0.2, 0) is 24.7 Å². The van der Waals surface area contributed by atoms with Crippen LogP contribution in [0.4, 0.5) is 17.6 Å². The molecule has 0 aliphatic carbocycles. The molecule has 1 N–H and O–H groups in total. The second-order valence-corrected chi connectivity index (χ2v) is 7.50. The van der Waals surface area contributed by atoms with Crippen LogP contribution in [-0.4, -0.2) is 30.3 Å². The summed E-state index contributed by atoms with van der Waals surface area (Å²) in [5.41, 5.74) is -4.08. The Morgan fingerprint density at radius 1 is 1.06 bits per heavy atom. The van der Waals surface area contributed by atoms with E-state index in [2.05, 4.69) is 20.4 Å². The predicted octanol–water partition coefficient (Wildman–Crippen LogP) is 4.11. The lowest BCUT2D eigenvalue weighted by Gasteiger charge is -2.35. The second kappa shape index (κ2) is 10.5. The van der Waals surface area contributed by atoms with Gasteiger partial charge in [0.25, 0.3) is 0 Å². The predicted molar refractivity (Wildman–Crippen MR) is 118 cm³/mol. The van der Waals surface area contributed by atoms with Gasteiger partial charge in [-0.3, -0.25) is 4.98 Å². The van der Waals surface area contributed by atoms with Crippen molar-refractivity contribution >= 4 is 0 Å². The standard InChI is InChI=1S/C23H16F4N6O2.CH4/c24-17-4-7-19(20(25)9-17)22(34,13-33-31-14-30-32-33)23(26,27)21-8-3-16(11-29-21)12-35-18-5-1-15(10-28)2-6-18;/h1-9,11,14,34H,12-13H2;1H4. The smallest absolute Gasteiger partial charge is 0.323 e. The summed E-state index contributed by atoms with van der Waals surface area (Å²) in [5, 5.41) is 30.5. The Kier molecular flexibility index (Phi) is 7.65. The van der Waals surface area contributed by atoms with Gasteiger partial charge in [-0.05, 0) is 47.7 Å². The monoisotopic (exact) mass is 500 g/mol. The molecule has 2 aromatic heterocycles. The van der Waals surface area contributed by atoms with Gasteiger partial charge in [-0.25, -0.2) is 8.78 Å². The van der Waals surface area contributed by atoms with Crippen LogP contribution in [0.2, 0.25) is 0 Å². The molecule has 0 fully saturated rings. The number of rotatable bonds is 8. The number of nitrogens with zero attached hydrogens (tertiary/aromatic N) is 6. The first kappa shape index (κ1) is 26.2. The molecule has 0 bridgehead atoms. The highest BCUT2D eigenvalue weighted by molar-refractivity contribution is 5.35. The van der Waals surface area contributed by atoms with Crippen molar-refractivity contribution in [2.75, 3.05) is 0 Å². The summed E-state index contributed by atoms with van der Waals surface area (Å²) >= 11 is 0. The van der Waals surface area contributed by atoms with Crippen molar-refractivity contribution in [1.82, 2.24) is 25.2 Å². The van der Waals surface area contributed by atoms with Crippen molar-refractivity contribution in [3.8, 4) is 11.8 Å². The number of hydrogen-bond donors (Lipinski definition) is 1. The number of hydrogen-bond acceptors (Lipinski definition) is 7. The highest BCUT2D eigenvalue weighted by Crippen LogP contribution is 2.46. The molecular formula is C24H20F4N6O2. The third-order valence-corrected chi connectivity index (χ3v) is 5.19. The molecule has 12 heteroatoms. The number of ether oxygens (including phenoxy) is 1. The molecule has 2 heterocycles. The first-order valence-electron chi connectivity index (χ1n) is 10.1. The molecule has 8 nitrogen and oxygen atoms in total. The van der Waals surface area contributed by atoms with Crippen LogP contribution >= 0.6 is 0 Å². The zero-order chi connectivity index (χ0) is 25.1. The Labute approximate surface area is 203 Å². The number of nitriles is 1. The summed E-state index contributed by atoms with van der Waals surface area (Å²) in [4.78, 5) is 4.43. The van der Waals surface area contributed by atoms with Gasteiger partial charge in [-0.1, -0.05) is 13.5 Å². The maximum Gasteiger partial charge on any atom is 0.323 e. The molecule has 0 saturated heterocycles. The third kappa shape index (κ3) is 5.16. The van der Waals surface area contributed by atoms with Crippen molar-refractivity contribution < 1.29 is 27.4 Å². The molecule has 0 aliphatic rings. The van der Waals surface area contributed by atoms with Gasteiger partial charge in [0, 0.05) is 23.4 Å². The molecule has 4 aromatic rings. The quantitative estimate of drug-likeness (QED) is 0.363. The van der Waals surface area contributed by atoms with Gasteiger partial charge in [0.05, 0.1) is 11.6 Å². The Morgan fingerprint density at radius 2 is 1.81 bits per heavy atom. The average molecular weight is 500 g/mol. The number of aliphatic hydroxyl groups is 1. The first-order valence-corrected chi connectivity index (χ1v) is 10.1. The molecule has 186 valence electrons.